The molecule has 2 N–H and O–H groups in total. The Bertz CT molecular complexity index is 493. The summed E-state index contributed by atoms with van der Waals surface area (Å²) in [6.45, 7) is 0.620. The Balaban J connectivity index is 2.24. The van der Waals surface area contributed by atoms with Crippen LogP contribution in [0.1, 0.15) is 29.6 Å². The minimum absolute atomic E-state index is 0.0605. The van der Waals surface area contributed by atoms with Crippen LogP contribution in [0.25, 0.3) is 0 Å². The Morgan fingerprint density at radius 1 is 1.50 bits per heavy atom. The lowest BCUT2D eigenvalue weighted by Crippen LogP contribution is -2.41. The first-order valence-corrected chi connectivity index (χ1v) is 7.27. The standard InChI is InChI=1S/C15H21ClN2O2/c1-18(13-5-3-4-10(13)9-17)15(19)12-8-11(16)6-7-14(12)20-2/h6-8,10,13H,3-5,9,17H2,1-2H3. The number of methoxy groups -OCH3 is 1. The van der Waals surface area contributed by atoms with Crippen molar-refractivity contribution in [2.45, 2.75) is 25.3 Å². The van der Waals surface area contributed by atoms with Crippen molar-refractivity contribution >= 4 is 17.5 Å². The van der Waals surface area contributed by atoms with Gasteiger partial charge in [-0.25, -0.2) is 0 Å². The summed E-state index contributed by atoms with van der Waals surface area (Å²) in [5.74, 6) is 0.873. The van der Waals surface area contributed by atoms with Crippen LogP contribution >= 0.6 is 11.6 Å². The van der Waals surface area contributed by atoms with Gasteiger partial charge in [0.1, 0.15) is 5.75 Å². The van der Waals surface area contributed by atoms with Crippen LogP contribution < -0.4 is 10.5 Å². The second-order valence-electron chi connectivity index (χ2n) is 5.25. The molecular weight excluding hydrogens is 276 g/mol. The fraction of sp³-hybridized carbons (Fsp3) is 0.533. The van der Waals surface area contributed by atoms with E-state index >= 15 is 0 Å². The van der Waals surface area contributed by atoms with Crippen molar-refractivity contribution in [2.24, 2.45) is 11.7 Å². The summed E-state index contributed by atoms with van der Waals surface area (Å²) >= 11 is 5.99. The number of carbonyl (C=O) groups is 1. The highest BCUT2D eigenvalue weighted by Crippen LogP contribution is 2.31. The summed E-state index contributed by atoms with van der Waals surface area (Å²) in [7, 11) is 3.39. The molecule has 1 saturated carbocycles. The molecule has 2 atom stereocenters. The van der Waals surface area contributed by atoms with Gasteiger partial charge >= 0.3 is 0 Å². The van der Waals surface area contributed by atoms with Gasteiger partial charge in [0.2, 0.25) is 0 Å². The number of nitrogens with two attached hydrogens (primary N) is 1. The zero-order chi connectivity index (χ0) is 14.7. The van der Waals surface area contributed by atoms with Crippen LogP contribution in [0.4, 0.5) is 0 Å². The first kappa shape index (κ1) is 15.1. The molecule has 1 fully saturated rings. The van der Waals surface area contributed by atoms with Gasteiger partial charge in [0.05, 0.1) is 12.7 Å². The molecule has 0 spiro atoms. The van der Waals surface area contributed by atoms with E-state index in [2.05, 4.69) is 0 Å². The Hall–Kier alpha value is -1.26. The fourth-order valence-electron chi connectivity index (χ4n) is 2.99. The first-order valence-electron chi connectivity index (χ1n) is 6.89. The molecule has 1 aromatic rings. The molecule has 5 heteroatoms. The smallest absolute Gasteiger partial charge is 0.257 e. The number of benzene rings is 1. The van der Waals surface area contributed by atoms with Crippen molar-refractivity contribution in [3.63, 3.8) is 0 Å². The topological polar surface area (TPSA) is 55.6 Å². The Morgan fingerprint density at radius 3 is 2.90 bits per heavy atom. The molecule has 20 heavy (non-hydrogen) atoms. The molecule has 2 unspecified atom stereocenters. The summed E-state index contributed by atoms with van der Waals surface area (Å²) in [5.41, 5.74) is 6.30. The molecular formula is C15H21ClN2O2. The minimum atomic E-state index is -0.0605. The van der Waals surface area contributed by atoms with Gasteiger partial charge in [-0.15, -0.1) is 0 Å². The lowest BCUT2D eigenvalue weighted by molar-refractivity contribution is 0.0696. The van der Waals surface area contributed by atoms with E-state index < -0.39 is 0 Å². The van der Waals surface area contributed by atoms with E-state index in [1.165, 1.54) is 0 Å². The molecule has 0 aromatic heterocycles. The van der Waals surface area contributed by atoms with Crippen molar-refractivity contribution in [3.8, 4) is 5.75 Å². The van der Waals surface area contributed by atoms with Gasteiger partial charge in [0, 0.05) is 18.1 Å². The lowest BCUT2D eigenvalue weighted by Gasteiger charge is -2.29. The fourth-order valence-corrected chi connectivity index (χ4v) is 3.16. The number of nitrogens with zero attached hydrogens (tertiary/aromatic N) is 1. The van der Waals surface area contributed by atoms with Crippen molar-refractivity contribution in [1.82, 2.24) is 4.90 Å². The number of hydrogen-bond donors (Lipinski definition) is 1. The summed E-state index contributed by atoms with van der Waals surface area (Å²) in [4.78, 5) is 14.5. The minimum Gasteiger partial charge on any atom is -0.496 e. The summed E-state index contributed by atoms with van der Waals surface area (Å²) in [5, 5.41) is 0.532. The number of carbonyl (C=O) groups excluding carboxylic acids is 1. The van der Waals surface area contributed by atoms with E-state index in [1.807, 2.05) is 7.05 Å². The molecule has 1 aliphatic carbocycles. The Labute approximate surface area is 124 Å². The largest absolute Gasteiger partial charge is 0.496 e. The van der Waals surface area contributed by atoms with E-state index in [4.69, 9.17) is 22.1 Å². The van der Waals surface area contributed by atoms with Gasteiger partial charge in [-0.1, -0.05) is 18.0 Å². The average molecular weight is 297 g/mol. The van der Waals surface area contributed by atoms with Crippen LogP contribution in [-0.4, -0.2) is 37.6 Å². The van der Waals surface area contributed by atoms with E-state index in [0.717, 1.165) is 19.3 Å². The third kappa shape index (κ3) is 2.91. The second-order valence-corrected chi connectivity index (χ2v) is 5.69. The van der Waals surface area contributed by atoms with Crippen LogP contribution in [0, 0.1) is 5.92 Å². The predicted octanol–water partition coefficient (Wildman–Crippen LogP) is 2.55. The zero-order valence-electron chi connectivity index (χ0n) is 11.9. The summed E-state index contributed by atoms with van der Waals surface area (Å²) in [6.07, 6.45) is 3.22. The predicted molar refractivity (Wildman–Crippen MR) is 80.3 cm³/mol. The number of amides is 1. The van der Waals surface area contributed by atoms with Crippen molar-refractivity contribution in [1.29, 1.82) is 0 Å². The van der Waals surface area contributed by atoms with Gasteiger partial charge in [-0.05, 0) is 43.5 Å². The lowest BCUT2D eigenvalue weighted by atomic mass is 10.0. The molecule has 0 saturated heterocycles. The van der Waals surface area contributed by atoms with Gasteiger partial charge in [0.25, 0.3) is 5.91 Å². The molecule has 2 rings (SSSR count). The monoisotopic (exact) mass is 296 g/mol. The zero-order valence-corrected chi connectivity index (χ0v) is 12.7. The number of halogens is 1. The van der Waals surface area contributed by atoms with Crippen LogP contribution in [-0.2, 0) is 0 Å². The van der Waals surface area contributed by atoms with E-state index in [9.17, 15) is 4.79 Å². The molecule has 0 aliphatic heterocycles. The molecule has 1 aliphatic rings. The van der Waals surface area contributed by atoms with Crippen molar-refractivity contribution in [2.75, 3.05) is 20.7 Å². The van der Waals surface area contributed by atoms with E-state index in [0.29, 0.717) is 28.8 Å². The van der Waals surface area contributed by atoms with Crippen LogP contribution in [0.5, 0.6) is 5.75 Å². The maximum atomic E-state index is 12.7. The third-order valence-electron chi connectivity index (χ3n) is 4.13. The summed E-state index contributed by atoms with van der Waals surface area (Å²) < 4.78 is 5.26. The van der Waals surface area contributed by atoms with Gasteiger partial charge in [-0.3, -0.25) is 4.79 Å². The maximum absolute atomic E-state index is 12.7. The van der Waals surface area contributed by atoms with Gasteiger partial charge < -0.3 is 15.4 Å². The number of ether oxygens (including phenoxy) is 1. The van der Waals surface area contributed by atoms with Gasteiger partial charge in [0.15, 0.2) is 0 Å². The van der Waals surface area contributed by atoms with Gasteiger partial charge in [-0.2, -0.15) is 0 Å². The molecule has 1 amide bonds. The highest BCUT2D eigenvalue weighted by molar-refractivity contribution is 6.31. The van der Waals surface area contributed by atoms with Crippen molar-refractivity contribution < 1.29 is 9.53 Å². The molecule has 1 aromatic carbocycles. The Morgan fingerprint density at radius 2 is 2.25 bits per heavy atom. The molecule has 110 valence electrons. The maximum Gasteiger partial charge on any atom is 0.257 e. The average Bonchev–Trinajstić information content (AvgIpc) is 2.94. The van der Waals surface area contributed by atoms with Crippen molar-refractivity contribution in [3.05, 3.63) is 28.8 Å². The summed E-state index contributed by atoms with van der Waals surface area (Å²) in [6, 6.07) is 5.30. The quantitative estimate of drug-likeness (QED) is 0.929. The van der Waals surface area contributed by atoms with Crippen LogP contribution in [0.15, 0.2) is 18.2 Å². The SMILES string of the molecule is COc1ccc(Cl)cc1C(=O)N(C)C1CCCC1CN. The van der Waals surface area contributed by atoms with Crippen LogP contribution in [0.2, 0.25) is 5.02 Å². The Kier molecular flexibility index (Phi) is 4.89. The van der Waals surface area contributed by atoms with E-state index in [-0.39, 0.29) is 11.9 Å². The highest BCUT2D eigenvalue weighted by Gasteiger charge is 2.32. The first-order chi connectivity index (χ1) is 9.58. The number of rotatable bonds is 4. The molecule has 0 heterocycles. The normalized spacial score (nSPS) is 21.8. The molecule has 4 nitrogen and oxygen atoms in total. The molecule has 0 radical (unpaired) electrons. The number of hydrogen-bond acceptors (Lipinski definition) is 3. The second kappa shape index (κ2) is 6.46. The third-order valence-corrected chi connectivity index (χ3v) is 4.37. The van der Waals surface area contributed by atoms with E-state index in [1.54, 1.807) is 30.2 Å². The highest BCUT2D eigenvalue weighted by atomic mass is 35.5. The molecule has 0 bridgehead atoms. The van der Waals surface area contributed by atoms with Crippen LogP contribution in [0.3, 0.4) is 0 Å².